The maximum Gasteiger partial charge on any atom is 0.272 e. The van der Waals surface area contributed by atoms with E-state index in [-0.39, 0.29) is 10.6 Å². The zero-order valence-electron chi connectivity index (χ0n) is 8.33. The molecule has 2 rings (SSSR count). The Morgan fingerprint density at radius 1 is 1.25 bits per heavy atom. The minimum Gasteiger partial charge on any atom is -0.258 e. The van der Waals surface area contributed by atoms with Gasteiger partial charge in [0.25, 0.3) is 5.69 Å². The molecule has 82 valence electrons. The molecule has 0 aliphatic rings. The predicted molar refractivity (Wildman–Crippen MR) is 68.0 cm³/mol. The Bertz CT molecular complexity index is 598. The second-order valence-electron chi connectivity index (χ2n) is 3.51. The summed E-state index contributed by atoms with van der Waals surface area (Å²) >= 11 is 9.26. The normalized spacial score (nSPS) is 10.7. The van der Waals surface area contributed by atoms with Crippen molar-refractivity contribution in [1.82, 2.24) is 0 Å². The smallest absolute Gasteiger partial charge is 0.258 e. The molecule has 0 saturated carbocycles. The summed E-state index contributed by atoms with van der Waals surface area (Å²) in [5.41, 5.74) is 0.762. The second kappa shape index (κ2) is 4.03. The van der Waals surface area contributed by atoms with Gasteiger partial charge in [0.15, 0.2) is 0 Å². The molecule has 0 fully saturated rings. The number of nitro benzene ring substituents is 1. The Morgan fingerprint density at radius 3 is 2.50 bits per heavy atom. The molecule has 0 aromatic heterocycles. The molecule has 0 radical (unpaired) electrons. The molecule has 0 spiro atoms. The summed E-state index contributed by atoms with van der Waals surface area (Å²) in [4.78, 5) is 10.4. The van der Waals surface area contributed by atoms with Crippen LogP contribution in [0.5, 0.6) is 0 Å². The lowest BCUT2D eigenvalue weighted by molar-refractivity contribution is -0.385. The highest BCUT2D eigenvalue weighted by atomic mass is 79.9. The average molecular weight is 301 g/mol. The molecule has 2 aromatic carbocycles. The first-order valence-corrected chi connectivity index (χ1v) is 5.70. The second-order valence-corrected chi connectivity index (χ2v) is 4.77. The van der Waals surface area contributed by atoms with E-state index in [9.17, 15) is 10.1 Å². The van der Waals surface area contributed by atoms with Gasteiger partial charge in [0.05, 0.1) is 9.95 Å². The van der Waals surface area contributed by atoms with Gasteiger partial charge in [0, 0.05) is 16.1 Å². The maximum atomic E-state index is 10.8. The Morgan fingerprint density at radius 2 is 1.88 bits per heavy atom. The monoisotopic (exact) mass is 299 g/mol. The number of hydrogen-bond donors (Lipinski definition) is 0. The standard InChI is InChI=1S/C11H7BrClNO2/c1-6-2-7-4-10(13)9(12)3-8(7)5-11(6)14(15)16/h2-5H,1H3. The van der Waals surface area contributed by atoms with E-state index < -0.39 is 0 Å². The first-order chi connectivity index (χ1) is 7.49. The van der Waals surface area contributed by atoms with Crippen molar-refractivity contribution in [3.8, 4) is 0 Å². The molecule has 0 N–H and O–H groups in total. The highest BCUT2D eigenvalue weighted by molar-refractivity contribution is 9.10. The van der Waals surface area contributed by atoms with E-state index in [0.717, 1.165) is 15.2 Å². The van der Waals surface area contributed by atoms with Crippen LogP contribution in [0.4, 0.5) is 5.69 Å². The van der Waals surface area contributed by atoms with Gasteiger partial charge in [-0.1, -0.05) is 11.6 Å². The topological polar surface area (TPSA) is 43.1 Å². The van der Waals surface area contributed by atoms with Crippen molar-refractivity contribution in [2.75, 3.05) is 0 Å². The zero-order chi connectivity index (χ0) is 11.9. The molecule has 2 aromatic rings. The molecule has 0 atom stereocenters. The van der Waals surface area contributed by atoms with Crippen LogP contribution in [0.2, 0.25) is 5.02 Å². The third kappa shape index (κ3) is 1.90. The number of halogens is 2. The maximum absolute atomic E-state index is 10.8. The molecule has 0 bridgehead atoms. The van der Waals surface area contributed by atoms with E-state index in [2.05, 4.69) is 15.9 Å². The third-order valence-corrected chi connectivity index (χ3v) is 3.59. The third-order valence-electron chi connectivity index (χ3n) is 2.39. The van der Waals surface area contributed by atoms with Gasteiger partial charge < -0.3 is 0 Å². The molecule has 0 saturated heterocycles. The highest BCUT2D eigenvalue weighted by Crippen LogP contribution is 2.31. The predicted octanol–water partition coefficient (Wildman–Crippen LogP) is 4.47. The number of rotatable bonds is 1. The van der Waals surface area contributed by atoms with E-state index >= 15 is 0 Å². The summed E-state index contributed by atoms with van der Waals surface area (Å²) in [6.45, 7) is 1.72. The van der Waals surface area contributed by atoms with Gasteiger partial charge in [-0.3, -0.25) is 10.1 Å². The summed E-state index contributed by atoms with van der Waals surface area (Å²) < 4.78 is 0.736. The van der Waals surface area contributed by atoms with Gasteiger partial charge in [-0.25, -0.2) is 0 Å². The van der Waals surface area contributed by atoms with Crippen molar-refractivity contribution < 1.29 is 4.92 Å². The van der Waals surface area contributed by atoms with Crippen LogP contribution in [0.3, 0.4) is 0 Å². The molecule has 16 heavy (non-hydrogen) atoms. The molecule has 0 aliphatic heterocycles. The Balaban J connectivity index is 2.79. The van der Waals surface area contributed by atoms with Crippen LogP contribution >= 0.6 is 27.5 Å². The summed E-state index contributed by atoms with van der Waals surface area (Å²) in [5.74, 6) is 0. The van der Waals surface area contributed by atoms with Crippen LogP contribution < -0.4 is 0 Å². The van der Waals surface area contributed by atoms with E-state index in [1.807, 2.05) is 0 Å². The van der Waals surface area contributed by atoms with Crippen molar-refractivity contribution in [2.45, 2.75) is 6.92 Å². The Labute approximate surface area is 105 Å². The van der Waals surface area contributed by atoms with E-state index in [1.165, 1.54) is 0 Å². The number of hydrogen-bond acceptors (Lipinski definition) is 2. The van der Waals surface area contributed by atoms with Crippen LogP contribution in [0, 0.1) is 17.0 Å². The van der Waals surface area contributed by atoms with Crippen LogP contribution in [0.15, 0.2) is 28.7 Å². The summed E-state index contributed by atoms with van der Waals surface area (Å²) in [6, 6.07) is 6.90. The van der Waals surface area contributed by atoms with Crippen LogP contribution in [0.1, 0.15) is 5.56 Å². The fourth-order valence-corrected chi connectivity index (χ4v) is 2.13. The lowest BCUT2D eigenvalue weighted by Crippen LogP contribution is -1.91. The fraction of sp³-hybridized carbons (Fsp3) is 0.0909. The lowest BCUT2D eigenvalue weighted by Gasteiger charge is -2.03. The summed E-state index contributed by atoms with van der Waals surface area (Å²) in [5, 5.41) is 13.1. The van der Waals surface area contributed by atoms with E-state index in [4.69, 9.17) is 11.6 Å². The molecule has 0 amide bonds. The fourth-order valence-electron chi connectivity index (χ4n) is 1.59. The summed E-state index contributed by atoms with van der Waals surface area (Å²) in [6.07, 6.45) is 0. The van der Waals surface area contributed by atoms with Crippen molar-refractivity contribution >= 4 is 44.0 Å². The van der Waals surface area contributed by atoms with Crippen LogP contribution in [-0.2, 0) is 0 Å². The lowest BCUT2D eigenvalue weighted by atomic mass is 10.1. The van der Waals surface area contributed by atoms with Crippen LogP contribution in [0.25, 0.3) is 10.8 Å². The zero-order valence-corrected chi connectivity index (χ0v) is 10.7. The highest BCUT2D eigenvalue weighted by Gasteiger charge is 2.12. The SMILES string of the molecule is Cc1cc2cc(Cl)c(Br)cc2cc1[N+](=O)[O-]. The molecule has 3 nitrogen and oxygen atoms in total. The van der Waals surface area contributed by atoms with Crippen LogP contribution in [-0.4, -0.2) is 4.92 Å². The Hall–Kier alpha value is -1.13. The van der Waals surface area contributed by atoms with Gasteiger partial charge >= 0.3 is 0 Å². The number of fused-ring (bicyclic) bond motifs is 1. The molecule has 0 heterocycles. The van der Waals surface area contributed by atoms with Crippen molar-refractivity contribution in [1.29, 1.82) is 0 Å². The van der Waals surface area contributed by atoms with Crippen molar-refractivity contribution in [3.05, 3.63) is 49.4 Å². The molecule has 0 aliphatic carbocycles. The minimum absolute atomic E-state index is 0.127. The number of aryl methyl sites for hydroxylation is 1. The van der Waals surface area contributed by atoms with Gasteiger partial charge in [0.1, 0.15) is 0 Å². The number of benzene rings is 2. The molecule has 0 unspecified atom stereocenters. The minimum atomic E-state index is -0.378. The first-order valence-electron chi connectivity index (χ1n) is 4.53. The van der Waals surface area contributed by atoms with Gasteiger partial charge in [-0.2, -0.15) is 0 Å². The first kappa shape index (κ1) is 11.4. The number of nitrogens with zero attached hydrogens (tertiary/aromatic N) is 1. The van der Waals surface area contributed by atoms with Gasteiger partial charge in [-0.15, -0.1) is 0 Å². The molecular weight excluding hydrogens is 293 g/mol. The molecule has 5 heteroatoms. The van der Waals surface area contributed by atoms with Gasteiger partial charge in [0.2, 0.25) is 0 Å². The Kier molecular flexibility index (Phi) is 2.86. The molecular formula is C11H7BrClNO2. The van der Waals surface area contributed by atoms with Crippen molar-refractivity contribution in [3.63, 3.8) is 0 Å². The van der Waals surface area contributed by atoms with Crippen molar-refractivity contribution in [2.24, 2.45) is 0 Å². The summed E-state index contributed by atoms with van der Waals surface area (Å²) in [7, 11) is 0. The quantitative estimate of drug-likeness (QED) is 0.576. The van der Waals surface area contributed by atoms with Gasteiger partial charge in [-0.05, 0) is 51.8 Å². The average Bonchev–Trinajstić information content (AvgIpc) is 2.19. The number of nitro groups is 1. The largest absolute Gasteiger partial charge is 0.272 e. The van der Waals surface area contributed by atoms with E-state index in [0.29, 0.717) is 10.6 Å². The van der Waals surface area contributed by atoms with E-state index in [1.54, 1.807) is 31.2 Å².